The Hall–Kier alpha value is -8.92. The molecule has 1 unspecified atom stereocenters. The molecule has 0 fully saturated rings. The maximum Gasteiger partial charge on any atom is 0.0734 e. The van der Waals surface area contributed by atoms with Crippen LogP contribution in [0.25, 0.3) is 49.4 Å². The molecule has 0 saturated carbocycles. The van der Waals surface area contributed by atoms with E-state index in [0.29, 0.717) is 0 Å². The summed E-state index contributed by atoms with van der Waals surface area (Å²) in [5.41, 5.74) is 11.4. The van der Waals surface area contributed by atoms with E-state index in [-0.39, 0.29) is 29.7 Å². The van der Waals surface area contributed by atoms with Crippen molar-refractivity contribution >= 4 is 66.7 Å². The van der Waals surface area contributed by atoms with Crippen LogP contribution in [0.5, 0.6) is 0 Å². The first kappa shape index (κ1) is 34.4. The van der Waals surface area contributed by atoms with Gasteiger partial charge in [0.1, 0.15) is 0 Å². The number of para-hydroxylation sites is 6. The number of fused-ring (bicyclic) bond motifs is 7. The number of benzene rings is 11. The van der Waals surface area contributed by atoms with Gasteiger partial charge in [-0.15, -0.1) is 0 Å². The number of anilines is 6. The van der Waals surface area contributed by atoms with Crippen molar-refractivity contribution in [1.82, 2.24) is 4.57 Å². The predicted molar refractivity (Wildman–Crippen MR) is 285 cm³/mol. The molecule has 13 rings (SSSR count). The van der Waals surface area contributed by atoms with Crippen LogP contribution in [0.2, 0.25) is 0 Å². The van der Waals surface area contributed by atoms with E-state index in [9.17, 15) is 5.48 Å². The molecule has 0 bridgehead atoms. The van der Waals surface area contributed by atoms with E-state index in [1.54, 1.807) is 0 Å². The molecule has 1 aromatic heterocycles. The first-order valence-corrected chi connectivity index (χ1v) is 23.0. The van der Waals surface area contributed by atoms with Gasteiger partial charge in [-0.25, -0.2) is 0 Å². The molecule has 0 saturated heterocycles. The molecule has 1 atom stereocenters. The lowest BCUT2D eigenvalue weighted by Crippen LogP contribution is -2.29. The summed E-state index contributed by atoms with van der Waals surface area (Å²) in [5.74, 6) is 0. The van der Waals surface area contributed by atoms with Crippen LogP contribution in [0.4, 0.5) is 34.1 Å². The highest BCUT2D eigenvalue weighted by Crippen LogP contribution is 2.60. The molecule has 0 amide bonds. The van der Waals surface area contributed by atoms with Crippen LogP contribution in [-0.4, -0.2) is 4.57 Å². The third-order valence-electron chi connectivity index (χ3n) is 13.6. The fourth-order valence-corrected chi connectivity index (χ4v) is 10.8. The highest BCUT2D eigenvalue weighted by atomic mass is 15.1. The molecule has 3 nitrogen and oxygen atoms in total. The second-order valence-corrected chi connectivity index (χ2v) is 17.3. The third kappa shape index (κ3) is 6.21. The molecule has 1 aliphatic rings. The summed E-state index contributed by atoms with van der Waals surface area (Å²) in [5, 5.41) is 4.28. The average Bonchev–Trinajstić information content (AvgIpc) is 3.95. The zero-order chi connectivity index (χ0) is 49.4. The molecule has 0 N–H and O–H groups in total. The molecule has 12 aromatic rings. The van der Waals surface area contributed by atoms with Crippen molar-refractivity contribution in [2.24, 2.45) is 0 Å². The molecule has 0 aliphatic heterocycles. The Kier molecular flexibility index (Phi) is 8.20. The van der Waals surface area contributed by atoms with E-state index < -0.39 is 11.5 Å². The monoisotopic (exact) mass is 872 g/mol. The van der Waals surface area contributed by atoms with Crippen molar-refractivity contribution in [3.63, 3.8) is 0 Å². The van der Waals surface area contributed by atoms with Gasteiger partial charge >= 0.3 is 0 Å². The van der Waals surface area contributed by atoms with Gasteiger partial charge in [-0.2, -0.15) is 0 Å². The normalized spacial score (nSPS) is 15.0. The summed E-state index contributed by atoms with van der Waals surface area (Å²) < 4.78 is 49.9. The lowest BCUT2D eigenvalue weighted by molar-refractivity contribution is 0.772. The lowest BCUT2D eigenvalue weighted by atomic mass is 9.67. The molecule has 11 aromatic carbocycles. The molecule has 1 aliphatic carbocycles. The number of hydrogen-bond donors (Lipinski definition) is 0. The van der Waals surface area contributed by atoms with E-state index in [4.69, 9.17) is 1.37 Å². The van der Waals surface area contributed by atoms with E-state index in [0.717, 1.165) is 100 Å². The number of rotatable bonds is 9. The molecule has 0 spiro atoms. The lowest BCUT2D eigenvalue weighted by Gasteiger charge is -2.35. The van der Waals surface area contributed by atoms with E-state index in [2.05, 4.69) is 190 Å². The van der Waals surface area contributed by atoms with Gasteiger partial charge in [-0.3, -0.25) is 0 Å². The largest absolute Gasteiger partial charge is 0.310 e. The Morgan fingerprint density at radius 1 is 0.353 bits per heavy atom. The zero-order valence-corrected chi connectivity index (χ0v) is 36.9. The van der Waals surface area contributed by atoms with Crippen LogP contribution in [-0.2, 0) is 5.41 Å². The third-order valence-corrected chi connectivity index (χ3v) is 13.6. The highest BCUT2D eigenvalue weighted by molar-refractivity contribution is 6.11. The Bertz CT molecular complexity index is 4040. The summed E-state index contributed by atoms with van der Waals surface area (Å²) in [7, 11) is 0. The SMILES string of the molecule is [2H]c1c([2H])c([2H])c(C2(c3cccc4c5ccccc5n(-c5ccccc5)c34)c3ccc(N(c4ccccc4)c4ccccc4)cc3-c3cc(N(c4ccccc4)c4ccc5ccccc5c4)ccc32)c([2H])c1[2H]. The molecular weight excluding hydrogens is 823 g/mol. The van der Waals surface area contributed by atoms with Crippen molar-refractivity contribution in [1.29, 1.82) is 0 Å². The van der Waals surface area contributed by atoms with Crippen LogP contribution in [0.15, 0.2) is 273 Å². The number of nitrogens with zero attached hydrogens (tertiary/aromatic N) is 3. The molecule has 3 heteroatoms. The Labute approximate surface area is 403 Å². The Morgan fingerprint density at radius 3 is 1.46 bits per heavy atom. The van der Waals surface area contributed by atoms with Crippen LogP contribution in [0, 0.1) is 0 Å². The van der Waals surface area contributed by atoms with E-state index in [1.807, 2.05) is 66.7 Å². The highest BCUT2D eigenvalue weighted by Gasteiger charge is 2.48. The van der Waals surface area contributed by atoms with Crippen molar-refractivity contribution in [3.8, 4) is 16.8 Å². The number of aromatic nitrogens is 1. The average molecular weight is 873 g/mol. The van der Waals surface area contributed by atoms with Crippen LogP contribution in [0.1, 0.15) is 29.1 Å². The predicted octanol–water partition coefficient (Wildman–Crippen LogP) is 17.2. The van der Waals surface area contributed by atoms with Gasteiger partial charge < -0.3 is 14.4 Å². The van der Waals surface area contributed by atoms with Gasteiger partial charge in [-0.1, -0.05) is 182 Å². The van der Waals surface area contributed by atoms with Crippen molar-refractivity contribution in [2.75, 3.05) is 9.80 Å². The standard InChI is InChI=1S/C65H45N3/c1-6-23-48(24-7-1)65(62-35-20-34-57-56-33-18-19-36-63(56)68(64(57)62)52-31-14-5-15-32-52)60-41-39-54(66(49-25-8-2-9-26-49)50-27-10-3-11-28-50)44-58(60)59-45-55(40-42-61(59)65)67(51-29-12-4-13-30-51)53-38-37-46-21-16-17-22-47(46)43-53/h1-45H/i1D,6D,7D,23D,24D. The van der Waals surface area contributed by atoms with Gasteiger partial charge in [-0.05, 0) is 135 Å². The Balaban J connectivity index is 1.20. The summed E-state index contributed by atoms with van der Waals surface area (Å²) in [4.78, 5) is 4.52. The van der Waals surface area contributed by atoms with E-state index >= 15 is 0 Å². The fourth-order valence-electron chi connectivity index (χ4n) is 10.8. The fraction of sp³-hybridized carbons (Fsp3) is 0.0154. The minimum absolute atomic E-state index is 0.189. The Morgan fingerprint density at radius 2 is 0.838 bits per heavy atom. The topological polar surface area (TPSA) is 11.4 Å². The summed E-state index contributed by atoms with van der Waals surface area (Å²) in [6.07, 6.45) is 0. The summed E-state index contributed by atoms with van der Waals surface area (Å²) >= 11 is 0. The van der Waals surface area contributed by atoms with Gasteiger partial charge in [0.25, 0.3) is 0 Å². The van der Waals surface area contributed by atoms with Gasteiger partial charge in [0.05, 0.1) is 23.3 Å². The van der Waals surface area contributed by atoms with Crippen molar-refractivity contribution in [2.45, 2.75) is 5.41 Å². The van der Waals surface area contributed by atoms with E-state index in [1.165, 1.54) is 0 Å². The van der Waals surface area contributed by atoms with Crippen LogP contribution in [0.3, 0.4) is 0 Å². The molecule has 68 heavy (non-hydrogen) atoms. The first-order valence-electron chi connectivity index (χ1n) is 25.5. The van der Waals surface area contributed by atoms with Gasteiger partial charge in [0.15, 0.2) is 0 Å². The smallest absolute Gasteiger partial charge is 0.0734 e. The summed E-state index contributed by atoms with van der Waals surface area (Å²) in [6.45, 7) is 0. The minimum Gasteiger partial charge on any atom is -0.310 e. The quantitative estimate of drug-likeness (QED) is 0.143. The number of hydrogen-bond acceptors (Lipinski definition) is 2. The molecule has 320 valence electrons. The second-order valence-electron chi connectivity index (χ2n) is 17.3. The first-order chi connectivity index (χ1) is 35.8. The second kappa shape index (κ2) is 16.2. The minimum atomic E-state index is -1.46. The maximum atomic E-state index is 10.0. The van der Waals surface area contributed by atoms with Crippen molar-refractivity contribution < 1.29 is 6.85 Å². The molecule has 1 heterocycles. The van der Waals surface area contributed by atoms with Crippen LogP contribution < -0.4 is 9.80 Å². The maximum absolute atomic E-state index is 10.0. The van der Waals surface area contributed by atoms with Crippen molar-refractivity contribution in [3.05, 3.63) is 295 Å². The van der Waals surface area contributed by atoms with Crippen LogP contribution >= 0.6 is 0 Å². The van der Waals surface area contributed by atoms with Gasteiger partial charge in [0.2, 0.25) is 0 Å². The summed E-state index contributed by atoms with van der Waals surface area (Å²) in [6, 6.07) is 82.1. The molecular formula is C65H45N3. The zero-order valence-electron chi connectivity index (χ0n) is 41.9. The molecule has 0 radical (unpaired) electrons. The van der Waals surface area contributed by atoms with Gasteiger partial charge in [0, 0.05) is 50.6 Å².